The van der Waals surface area contributed by atoms with Crippen molar-refractivity contribution >= 4 is 0 Å². The first-order valence-corrected chi connectivity index (χ1v) is 7.36. The van der Waals surface area contributed by atoms with Crippen molar-refractivity contribution in [1.29, 1.82) is 0 Å². The summed E-state index contributed by atoms with van der Waals surface area (Å²) in [6, 6.07) is 0. The van der Waals surface area contributed by atoms with Crippen LogP contribution in [0.5, 0.6) is 0 Å². The Bertz CT molecular complexity index is 359. The summed E-state index contributed by atoms with van der Waals surface area (Å²) >= 11 is 0. The maximum Gasteiger partial charge on any atom is 0.0831 e. The van der Waals surface area contributed by atoms with Gasteiger partial charge in [-0.05, 0) is 70.0 Å². The van der Waals surface area contributed by atoms with Crippen LogP contribution >= 0.6 is 0 Å². The van der Waals surface area contributed by atoms with E-state index in [2.05, 4.69) is 22.8 Å². The van der Waals surface area contributed by atoms with Gasteiger partial charge in [-0.25, -0.2) is 0 Å². The molecule has 2 aliphatic carbocycles. The van der Waals surface area contributed by atoms with E-state index in [4.69, 9.17) is 0 Å². The van der Waals surface area contributed by atoms with E-state index in [-0.39, 0.29) is 0 Å². The second-order valence-corrected chi connectivity index (χ2v) is 5.80. The molecule has 0 aromatic heterocycles. The zero-order chi connectivity index (χ0) is 11.6. The lowest BCUT2D eigenvalue weighted by Gasteiger charge is -2.31. The van der Waals surface area contributed by atoms with E-state index in [1.54, 1.807) is 0 Å². The summed E-state index contributed by atoms with van der Waals surface area (Å²) in [5.74, 6) is 7.11. The topological polar surface area (TPSA) is 3.24 Å². The molecule has 0 unspecified atom stereocenters. The van der Waals surface area contributed by atoms with Crippen LogP contribution in [-0.4, -0.2) is 23.5 Å². The van der Waals surface area contributed by atoms with E-state index in [0.717, 1.165) is 0 Å². The Kier molecular flexibility index (Phi) is 3.25. The molecule has 1 saturated carbocycles. The maximum absolute atomic E-state index is 3.62. The van der Waals surface area contributed by atoms with Gasteiger partial charge in [0.1, 0.15) is 0 Å². The van der Waals surface area contributed by atoms with Crippen LogP contribution in [0.4, 0.5) is 0 Å². The van der Waals surface area contributed by atoms with Crippen LogP contribution in [0, 0.1) is 11.8 Å². The summed E-state index contributed by atoms with van der Waals surface area (Å²) in [7, 11) is 0. The summed E-state index contributed by atoms with van der Waals surface area (Å²) in [5.41, 5.74) is 1.72. The lowest BCUT2D eigenvalue weighted by atomic mass is 9.99. The second kappa shape index (κ2) is 4.86. The van der Waals surface area contributed by atoms with Crippen molar-refractivity contribution in [1.82, 2.24) is 4.90 Å². The predicted molar refractivity (Wildman–Crippen MR) is 71.7 cm³/mol. The summed E-state index contributed by atoms with van der Waals surface area (Å²) in [4.78, 5) is 2.66. The second-order valence-electron chi connectivity index (χ2n) is 5.80. The molecule has 3 aliphatic rings. The van der Waals surface area contributed by atoms with Crippen molar-refractivity contribution < 1.29 is 0 Å². The van der Waals surface area contributed by atoms with Gasteiger partial charge >= 0.3 is 0 Å². The molecule has 0 atom stereocenters. The lowest BCUT2D eigenvalue weighted by molar-refractivity contribution is 0.182. The SMILES string of the molecule is C(#CC1(N2CCCCC2)CC1)C1=CCCCC1. The highest BCUT2D eigenvalue weighted by Gasteiger charge is 2.46. The van der Waals surface area contributed by atoms with Crippen LogP contribution in [0.2, 0.25) is 0 Å². The van der Waals surface area contributed by atoms with Crippen LogP contribution in [0.3, 0.4) is 0 Å². The molecule has 0 aromatic carbocycles. The van der Waals surface area contributed by atoms with Gasteiger partial charge in [-0.15, -0.1) is 0 Å². The van der Waals surface area contributed by atoms with Crippen molar-refractivity contribution in [2.24, 2.45) is 0 Å². The van der Waals surface area contributed by atoms with Crippen LogP contribution in [0.1, 0.15) is 57.8 Å². The number of likely N-dealkylation sites (tertiary alicyclic amines) is 1. The summed E-state index contributed by atoms with van der Waals surface area (Å²) in [6.45, 7) is 2.57. The Balaban J connectivity index is 1.67. The zero-order valence-electron chi connectivity index (χ0n) is 10.8. The minimum absolute atomic E-state index is 0.304. The van der Waals surface area contributed by atoms with E-state index < -0.39 is 0 Å². The van der Waals surface area contributed by atoms with Crippen LogP contribution in [0.25, 0.3) is 0 Å². The van der Waals surface area contributed by atoms with Gasteiger partial charge in [-0.1, -0.05) is 24.3 Å². The zero-order valence-corrected chi connectivity index (χ0v) is 10.8. The fourth-order valence-corrected chi connectivity index (χ4v) is 3.11. The average Bonchev–Trinajstić information content (AvgIpc) is 3.20. The summed E-state index contributed by atoms with van der Waals surface area (Å²) in [5, 5.41) is 0. The first-order chi connectivity index (χ1) is 8.39. The van der Waals surface area contributed by atoms with Crippen molar-refractivity contribution in [3.8, 4) is 11.8 Å². The molecule has 0 amide bonds. The molecular weight excluding hydrogens is 206 g/mol. The van der Waals surface area contributed by atoms with Crippen LogP contribution < -0.4 is 0 Å². The van der Waals surface area contributed by atoms with Gasteiger partial charge in [-0.3, -0.25) is 4.90 Å². The fourth-order valence-electron chi connectivity index (χ4n) is 3.11. The van der Waals surface area contributed by atoms with Crippen molar-refractivity contribution in [2.45, 2.75) is 63.3 Å². The molecule has 1 heterocycles. The highest BCUT2D eigenvalue weighted by atomic mass is 15.2. The normalized spacial score (nSPS) is 27.9. The van der Waals surface area contributed by atoms with Gasteiger partial charge in [-0.2, -0.15) is 0 Å². The molecule has 2 fully saturated rings. The number of hydrogen-bond acceptors (Lipinski definition) is 1. The quantitative estimate of drug-likeness (QED) is 0.622. The van der Waals surface area contributed by atoms with Crippen molar-refractivity contribution in [3.63, 3.8) is 0 Å². The molecule has 1 aliphatic heterocycles. The smallest absolute Gasteiger partial charge is 0.0831 e. The molecule has 0 spiro atoms. The van der Waals surface area contributed by atoms with Gasteiger partial charge in [0.05, 0.1) is 5.54 Å². The minimum Gasteiger partial charge on any atom is -0.287 e. The minimum atomic E-state index is 0.304. The molecule has 1 heteroatoms. The van der Waals surface area contributed by atoms with E-state index in [1.165, 1.54) is 76.5 Å². The summed E-state index contributed by atoms with van der Waals surface area (Å²) < 4.78 is 0. The van der Waals surface area contributed by atoms with Gasteiger partial charge in [0.25, 0.3) is 0 Å². The standard InChI is InChI=1S/C16H23N/c1-3-7-15(8-4-1)9-10-16(11-12-16)17-13-5-2-6-14-17/h7H,1-6,8,11-14H2. The number of hydrogen-bond donors (Lipinski definition) is 0. The largest absolute Gasteiger partial charge is 0.287 e. The predicted octanol–water partition coefficient (Wildman–Crippen LogP) is 3.51. The van der Waals surface area contributed by atoms with Gasteiger partial charge in [0.2, 0.25) is 0 Å². The third kappa shape index (κ3) is 2.58. The first-order valence-electron chi connectivity index (χ1n) is 7.36. The number of allylic oxidation sites excluding steroid dienone is 2. The maximum atomic E-state index is 3.62. The van der Waals surface area contributed by atoms with E-state index in [1.807, 2.05) is 0 Å². The Labute approximate surface area is 105 Å². The fraction of sp³-hybridized carbons (Fsp3) is 0.750. The third-order valence-electron chi connectivity index (χ3n) is 4.43. The van der Waals surface area contributed by atoms with E-state index >= 15 is 0 Å². The number of nitrogens with zero attached hydrogens (tertiary/aromatic N) is 1. The third-order valence-corrected chi connectivity index (χ3v) is 4.43. The molecule has 0 bridgehead atoms. The Hall–Kier alpha value is -0.740. The van der Waals surface area contributed by atoms with E-state index in [9.17, 15) is 0 Å². The van der Waals surface area contributed by atoms with Gasteiger partial charge < -0.3 is 0 Å². The monoisotopic (exact) mass is 229 g/mol. The molecule has 92 valence electrons. The molecule has 3 rings (SSSR count). The molecule has 17 heavy (non-hydrogen) atoms. The Morgan fingerprint density at radius 3 is 2.47 bits per heavy atom. The van der Waals surface area contributed by atoms with Crippen molar-refractivity contribution in [2.75, 3.05) is 13.1 Å². The highest BCUT2D eigenvalue weighted by Crippen LogP contribution is 2.42. The molecule has 0 radical (unpaired) electrons. The Morgan fingerprint density at radius 2 is 1.82 bits per heavy atom. The van der Waals surface area contributed by atoms with Gasteiger partial charge in [0, 0.05) is 0 Å². The lowest BCUT2D eigenvalue weighted by Crippen LogP contribution is -2.40. The average molecular weight is 229 g/mol. The molecule has 1 saturated heterocycles. The highest BCUT2D eigenvalue weighted by molar-refractivity contribution is 5.37. The van der Waals surface area contributed by atoms with Crippen LogP contribution in [-0.2, 0) is 0 Å². The number of rotatable bonds is 1. The molecule has 0 aromatic rings. The van der Waals surface area contributed by atoms with Crippen molar-refractivity contribution in [3.05, 3.63) is 11.6 Å². The van der Waals surface area contributed by atoms with E-state index in [0.29, 0.717) is 5.54 Å². The molecular formula is C16H23N. The number of piperidine rings is 1. The van der Waals surface area contributed by atoms with Gasteiger partial charge in [0.15, 0.2) is 0 Å². The molecule has 1 nitrogen and oxygen atoms in total. The summed E-state index contributed by atoms with van der Waals surface area (Å²) in [6.07, 6.45) is 14.4. The van der Waals surface area contributed by atoms with Crippen LogP contribution in [0.15, 0.2) is 11.6 Å². The Morgan fingerprint density at radius 1 is 1.00 bits per heavy atom. The molecule has 0 N–H and O–H groups in total. The first kappa shape index (κ1) is 11.4.